The number of benzene rings is 2. The summed E-state index contributed by atoms with van der Waals surface area (Å²) in [6.45, 7) is 11.9. The highest BCUT2D eigenvalue weighted by Gasteiger charge is 2.38. The molecule has 35 heavy (non-hydrogen) atoms. The first-order valence-electron chi connectivity index (χ1n) is 11.7. The largest absolute Gasteiger partial charge is 0.507 e. The number of carbonyl (C=O) groups is 2. The molecule has 0 aromatic heterocycles. The normalized spacial score (nSPS) is 20.6. The van der Waals surface area contributed by atoms with Crippen LogP contribution in [0.5, 0.6) is 17.2 Å². The zero-order chi connectivity index (χ0) is 25.5. The molecule has 0 bridgehead atoms. The van der Waals surface area contributed by atoms with Crippen molar-refractivity contribution in [1.82, 2.24) is 5.32 Å². The van der Waals surface area contributed by atoms with Crippen LogP contribution in [0, 0.1) is 20.8 Å². The number of nitrogens with zero attached hydrogens (tertiary/aromatic N) is 1. The van der Waals surface area contributed by atoms with Gasteiger partial charge in [0.15, 0.2) is 0 Å². The Morgan fingerprint density at radius 1 is 1.23 bits per heavy atom. The molecule has 2 aliphatic heterocycles. The number of aromatic hydroxyl groups is 1. The highest BCUT2D eigenvalue weighted by molar-refractivity contribution is 8.18. The quantitative estimate of drug-likeness (QED) is 0.511. The van der Waals surface area contributed by atoms with Gasteiger partial charge in [-0.1, -0.05) is 18.7 Å². The topological polar surface area (TPSA) is 88.1 Å². The predicted octanol–water partition coefficient (Wildman–Crippen LogP) is 5.17. The van der Waals surface area contributed by atoms with Crippen molar-refractivity contribution in [3.8, 4) is 17.2 Å². The van der Waals surface area contributed by atoms with Crippen LogP contribution in [0.2, 0.25) is 0 Å². The minimum absolute atomic E-state index is 0.0384. The molecule has 7 nitrogen and oxygen atoms in total. The lowest BCUT2D eigenvalue weighted by Crippen LogP contribution is -2.45. The van der Waals surface area contributed by atoms with Gasteiger partial charge >= 0.3 is 0 Å². The van der Waals surface area contributed by atoms with Crippen molar-refractivity contribution < 1.29 is 24.2 Å². The van der Waals surface area contributed by atoms with Gasteiger partial charge in [0, 0.05) is 18.0 Å². The van der Waals surface area contributed by atoms with Crippen molar-refractivity contribution in [2.75, 3.05) is 18.6 Å². The minimum atomic E-state index is -0.421. The van der Waals surface area contributed by atoms with Crippen molar-refractivity contribution in [3.05, 3.63) is 58.0 Å². The summed E-state index contributed by atoms with van der Waals surface area (Å²) in [5, 5.41) is 13.4. The van der Waals surface area contributed by atoms with E-state index in [1.54, 1.807) is 18.2 Å². The second-order valence-corrected chi connectivity index (χ2v) is 10.5. The molecular weight excluding hydrogens is 464 g/mol. The summed E-state index contributed by atoms with van der Waals surface area (Å²) in [6, 6.07) is 6.99. The molecule has 2 aromatic rings. The molecule has 0 saturated carbocycles. The van der Waals surface area contributed by atoms with Gasteiger partial charge in [-0.2, -0.15) is 0 Å². The summed E-state index contributed by atoms with van der Waals surface area (Å²) in [5.41, 5.74) is 3.79. The first kappa shape index (κ1) is 25.1. The van der Waals surface area contributed by atoms with E-state index in [2.05, 4.69) is 18.8 Å². The third-order valence-corrected chi connectivity index (χ3v) is 7.84. The molecule has 2 heterocycles. The second-order valence-electron chi connectivity index (χ2n) is 9.48. The lowest BCUT2D eigenvalue weighted by molar-refractivity contribution is -0.113. The summed E-state index contributed by atoms with van der Waals surface area (Å²) >= 11 is 0.833. The summed E-state index contributed by atoms with van der Waals surface area (Å²) in [4.78, 5) is 26.1. The van der Waals surface area contributed by atoms with Crippen molar-refractivity contribution >= 4 is 28.6 Å². The Hall–Kier alpha value is -2.97. The van der Waals surface area contributed by atoms with E-state index in [1.165, 1.54) is 0 Å². The van der Waals surface area contributed by atoms with E-state index in [0.717, 1.165) is 57.5 Å². The van der Waals surface area contributed by atoms with Crippen LogP contribution < -0.4 is 19.7 Å². The van der Waals surface area contributed by atoms with Gasteiger partial charge in [-0.25, -0.2) is 4.90 Å². The lowest BCUT2D eigenvalue weighted by Gasteiger charge is -2.40. The SMILES string of the molecule is C=C1SC(=O)N(c2ccccc2OCC(CC2(C)CCc3c(C)c(O)c(C)c(C)c3O2)NC)C1=O. The van der Waals surface area contributed by atoms with E-state index < -0.39 is 11.5 Å². The average Bonchev–Trinajstić information content (AvgIpc) is 3.09. The standard InChI is InChI=1S/C27H32N2O5S/c1-15-16(2)24-20(17(3)23(15)30)11-12-27(5,34-24)13-19(28-6)14-33-22-10-8-7-9-21(22)29-25(31)18(4)35-26(29)32/h7-10,19,28,30H,4,11-14H2,1-3,5-6H3. The Kier molecular flexibility index (Phi) is 6.88. The monoisotopic (exact) mass is 496 g/mol. The number of likely N-dealkylation sites (N-methyl/N-ethyl adjacent to an activating group) is 1. The molecule has 0 aliphatic carbocycles. The van der Waals surface area contributed by atoms with Gasteiger partial charge in [-0.3, -0.25) is 9.59 Å². The lowest BCUT2D eigenvalue weighted by atomic mass is 9.84. The Labute approximate surface area is 210 Å². The maximum absolute atomic E-state index is 12.4. The molecule has 2 aromatic carbocycles. The van der Waals surface area contributed by atoms with E-state index >= 15 is 0 Å². The zero-order valence-electron chi connectivity index (χ0n) is 20.9. The molecule has 2 atom stereocenters. The molecule has 8 heteroatoms. The fourth-order valence-electron chi connectivity index (χ4n) is 4.77. The minimum Gasteiger partial charge on any atom is -0.507 e. The van der Waals surface area contributed by atoms with Gasteiger partial charge in [0.2, 0.25) is 0 Å². The van der Waals surface area contributed by atoms with E-state index in [9.17, 15) is 14.7 Å². The Morgan fingerprint density at radius 3 is 2.60 bits per heavy atom. The van der Waals surface area contributed by atoms with Crippen LogP contribution in [-0.2, 0) is 11.2 Å². The number of hydrogen-bond donors (Lipinski definition) is 2. The highest BCUT2D eigenvalue weighted by Crippen LogP contribution is 2.44. The molecule has 2 N–H and O–H groups in total. The van der Waals surface area contributed by atoms with Crippen LogP contribution in [0.1, 0.15) is 42.0 Å². The molecule has 1 fully saturated rings. The number of thioether (sulfide) groups is 1. The molecule has 186 valence electrons. The number of anilines is 1. The van der Waals surface area contributed by atoms with Gasteiger partial charge in [-0.05, 0) is 88.2 Å². The fourth-order valence-corrected chi connectivity index (χ4v) is 5.43. The molecule has 4 rings (SSSR count). The van der Waals surface area contributed by atoms with Crippen molar-refractivity contribution in [2.45, 2.75) is 58.6 Å². The van der Waals surface area contributed by atoms with Gasteiger partial charge in [0.05, 0.1) is 10.6 Å². The van der Waals surface area contributed by atoms with Crippen molar-refractivity contribution in [2.24, 2.45) is 0 Å². The van der Waals surface area contributed by atoms with Gasteiger partial charge in [0.25, 0.3) is 11.1 Å². The summed E-state index contributed by atoms with van der Waals surface area (Å²) in [5.74, 6) is 1.26. The second kappa shape index (κ2) is 9.59. The van der Waals surface area contributed by atoms with Gasteiger partial charge in [-0.15, -0.1) is 0 Å². The summed E-state index contributed by atoms with van der Waals surface area (Å²) in [7, 11) is 1.88. The Morgan fingerprint density at radius 2 is 1.94 bits per heavy atom. The van der Waals surface area contributed by atoms with E-state index in [4.69, 9.17) is 9.47 Å². The molecule has 0 spiro atoms. The number of hydrogen-bond acceptors (Lipinski definition) is 7. The van der Waals surface area contributed by atoms with Gasteiger partial charge < -0.3 is 19.9 Å². The fraction of sp³-hybridized carbons (Fsp3) is 0.407. The van der Waals surface area contributed by atoms with E-state index in [1.807, 2.05) is 33.9 Å². The number of fused-ring (bicyclic) bond motifs is 1. The first-order valence-corrected chi connectivity index (χ1v) is 12.5. The Bertz CT molecular complexity index is 1210. The Balaban J connectivity index is 1.49. The predicted molar refractivity (Wildman–Crippen MR) is 139 cm³/mol. The number of amides is 2. The summed E-state index contributed by atoms with van der Waals surface area (Å²) < 4.78 is 12.7. The number of phenolic OH excluding ortho intramolecular Hbond substituents is 1. The molecule has 2 amide bonds. The molecule has 0 radical (unpaired) electrons. The van der Waals surface area contributed by atoms with Crippen LogP contribution >= 0.6 is 11.8 Å². The zero-order valence-corrected chi connectivity index (χ0v) is 21.7. The maximum atomic E-state index is 12.4. The highest BCUT2D eigenvalue weighted by atomic mass is 32.2. The smallest absolute Gasteiger partial charge is 0.298 e. The van der Waals surface area contributed by atoms with Crippen LogP contribution in [0.4, 0.5) is 10.5 Å². The van der Waals surface area contributed by atoms with Crippen LogP contribution in [0.3, 0.4) is 0 Å². The van der Waals surface area contributed by atoms with Crippen molar-refractivity contribution in [1.29, 1.82) is 0 Å². The number of phenols is 1. The number of nitrogens with one attached hydrogen (secondary N) is 1. The first-order chi connectivity index (χ1) is 16.6. The number of para-hydroxylation sites is 2. The third kappa shape index (κ3) is 4.65. The molecule has 2 unspecified atom stereocenters. The van der Waals surface area contributed by atoms with E-state index in [0.29, 0.717) is 30.2 Å². The number of ether oxygens (including phenoxy) is 2. The van der Waals surface area contributed by atoms with Crippen LogP contribution in [0.25, 0.3) is 0 Å². The third-order valence-electron chi connectivity index (χ3n) is 7.06. The summed E-state index contributed by atoms with van der Waals surface area (Å²) in [6.07, 6.45) is 2.33. The van der Waals surface area contributed by atoms with Gasteiger partial charge in [0.1, 0.15) is 29.5 Å². The van der Waals surface area contributed by atoms with Crippen LogP contribution in [0.15, 0.2) is 35.7 Å². The average molecular weight is 497 g/mol. The van der Waals surface area contributed by atoms with Crippen molar-refractivity contribution in [3.63, 3.8) is 0 Å². The van der Waals surface area contributed by atoms with E-state index in [-0.39, 0.29) is 16.2 Å². The van der Waals surface area contributed by atoms with Crippen LogP contribution in [-0.4, -0.2) is 41.6 Å². The molecule has 2 aliphatic rings. The number of imide groups is 1. The molecule has 1 saturated heterocycles. The maximum Gasteiger partial charge on any atom is 0.298 e. The number of rotatable bonds is 7. The molecular formula is C27H32N2O5S. The number of carbonyl (C=O) groups excluding carboxylic acids is 2.